The van der Waals surface area contributed by atoms with Crippen molar-refractivity contribution >= 4 is 23.5 Å². The SMILES string of the molecule is Cc1cc(N(C)C(=O)c2ccccc2)nc(N(C)C(=O)c2ccccc2)c1. The Bertz CT molecular complexity index is 880. The molecule has 0 radical (unpaired) electrons. The number of amides is 2. The van der Waals surface area contributed by atoms with Crippen LogP contribution in [0.4, 0.5) is 11.6 Å². The van der Waals surface area contributed by atoms with Gasteiger partial charge in [0.25, 0.3) is 11.8 Å². The van der Waals surface area contributed by atoms with Crippen LogP contribution >= 0.6 is 0 Å². The number of hydrogen-bond acceptors (Lipinski definition) is 3. The summed E-state index contributed by atoms with van der Waals surface area (Å²) in [6, 6.07) is 21.7. The summed E-state index contributed by atoms with van der Waals surface area (Å²) in [5.41, 5.74) is 2.08. The topological polar surface area (TPSA) is 53.5 Å². The fourth-order valence-electron chi connectivity index (χ4n) is 2.73. The number of anilines is 2. The average molecular weight is 359 g/mol. The Kier molecular flexibility index (Phi) is 5.31. The van der Waals surface area contributed by atoms with Crippen LogP contribution < -0.4 is 9.80 Å². The summed E-state index contributed by atoms with van der Waals surface area (Å²) in [5, 5.41) is 0. The molecule has 0 bridgehead atoms. The van der Waals surface area contributed by atoms with E-state index in [4.69, 9.17) is 0 Å². The van der Waals surface area contributed by atoms with Crippen LogP contribution in [0.5, 0.6) is 0 Å². The van der Waals surface area contributed by atoms with Gasteiger partial charge in [0.15, 0.2) is 0 Å². The highest BCUT2D eigenvalue weighted by Crippen LogP contribution is 2.22. The molecule has 0 saturated carbocycles. The van der Waals surface area contributed by atoms with Gasteiger partial charge in [-0.15, -0.1) is 0 Å². The van der Waals surface area contributed by atoms with Crippen LogP contribution in [0.1, 0.15) is 26.3 Å². The fourth-order valence-corrected chi connectivity index (χ4v) is 2.73. The molecule has 1 heterocycles. The number of rotatable bonds is 4. The standard InChI is InChI=1S/C22H21N3O2/c1-16-14-19(24(2)21(26)17-10-6-4-7-11-17)23-20(15-16)25(3)22(27)18-12-8-5-9-13-18/h4-15H,1-3H3. The van der Waals surface area contributed by atoms with E-state index in [2.05, 4.69) is 4.98 Å². The Morgan fingerprint density at radius 3 is 1.44 bits per heavy atom. The van der Waals surface area contributed by atoms with Crippen LogP contribution in [0.3, 0.4) is 0 Å². The lowest BCUT2D eigenvalue weighted by atomic mass is 10.2. The first-order valence-corrected chi connectivity index (χ1v) is 8.62. The summed E-state index contributed by atoms with van der Waals surface area (Å²) >= 11 is 0. The molecule has 0 aliphatic rings. The number of aryl methyl sites for hydroxylation is 1. The molecular weight excluding hydrogens is 338 g/mol. The number of carbonyl (C=O) groups excluding carboxylic acids is 2. The van der Waals surface area contributed by atoms with Gasteiger partial charge in [0.1, 0.15) is 11.6 Å². The Morgan fingerprint density at radius 2 is 1.07 bits per heavy atom. The van der Waals surface area contributed by atoms with Gasteiger partial charge in [-0.2, -0.15) is 0 Å². The molecule has 0 spiro atoms. The van der Waals surface area contributed by atoms with Gasteiger partial charge in [0.05, 0.1) is 0 Å². The largest absolute Gasteiger partial charge is 0.296 e. The Labute approximate surface area is 158 Å². The quantitative estimate of drug-likeness (QED) is 0.709. The number of hydrogen-bond donors (Lipinski definition) is 0. The highest BCUT2D eigenvalue weighted by atomic mass is 16.2. The molecule has 2 amide bonds. The predicted molar refractivity (Wildman–Crippen MR) is 107 cm³/mol. The molecule has 2 aromatic carbocycles. The molecule has 3 rings (SSSR count). The number of carbonyl (C=O) groups is 2. The van der Waals surface area contributed by atoms with Gasteiger partial charge in [0, 0.05) is 25.2 Å². The molecular formula is C22H21N3O2. The van der Waals surface area contributed by atoms with Crippen LogP contribution in [-0.4, -0.2) is 30.9 Å². The van der Waals surface area contributed by atoms with Gasteiger partial charge in [-0.25, -0.2) is 4.98 Å². The second-order valence-electron chi connectivity index (χ2n) is 6.32. The van der Waals surface area contributed by atoms with Crippen LogP contribution in [0.15, 0.2) is 72.8 Å². The molecule has 0 aliphatic heterocycles. The summed E-state index contributed by atoms with van der Waals surface area (Å²) in [7, 11) is 3.36. The van der Waals surface area contributed by atoms with Crippen molar-refractivity contribution in [3.05, 3.63) is 89.5 Å². The molecule has 0 aliphatic carbocycles. The number of nitrogens with zero attached hydrogens (tertiary/aromatic N) is 3. The van der Waals surface area contributed by atoms with Crippen LogP contribution in [0, 0.1) is 6.92 Å². The molecule has 5 heteroatoms. The van der Waals surface area contributed by atoms with Crippen molar-refractivity contribution in [1.29, 1.82) is 0 Å². The summed E-state index contributed by atoms with van der Waals surface area (Å²) in [6.07, 6.45) is 0. The molecule has 0 saturated heterocycles. The van der Waals surface area contributed by atoms with Gasteiger partial charge >= 0.3 is 0 Å². The zero-order valence-electron chi connectivity index (χ0n) is 15.6. The monoisotopic (exact) mass is 359 g/mol. The van der Waals surface area contributed by atoms with E-state index in [9.17, 15) is 9.59 Å². The van der Waals surface area contributed by atoms with Crippen LogP contribution in [0.25, 0.3) is 0 Å². The highest BCUT2D eigenvalue weighted by Gasteiger charge is 2.19. The van der Waals surface area contributed by atoms with Crippen molar-refractivity contribution in [2.45, 2.75) is 6.92 Å². The normalized spacial score (nSPS) is 10.3. The fraction of sp³-hybridized carbons (Fsp3) is 0.136. The Hall–Kier alpha value is -3.47. The summed E-state index contributed by atoms with van der Waals surface area (Å²) in [5.74, 6) is 0.673. The number of aromatic nitrogens is 1. The van der Waals surface area contributed by atoms with E-state index in [0.717, 1.165) is 5.56 Å². The van der Waals surface area contributed by atoms with E-state index >= 15 is 0 Å². The van der Waals surface area contributed by atoms with Gasteiger partial charge < -0.3 is 0 Å². The second-order valence-corrected chi connectivity index (χ2v) is 6.32. The lowest BCUT2D eigenvalue weighted by Crippen LogP contribution is -2.30. The molecule has 27 heavy (non-hydrogen) atoms. The van der Waals surface area contributed by atoms with Crippen molar-refractivity contribution < 1.29 is 9.59 Å². The van der Waals surface area contributed by atoms with Gasteiger partial charge in [-0.1, -0.05) is 36.4 Å². The maximum atomic E-state index is 12.7. The minimum absolute atomic E-state index is 0.156. The third-order valence-electron chi connectivity index (χ3n) is 4.28. The molecule has 0 fully saturated rings. The Balaban J connectivity index is 1.90. The molecule has 0 atom stereocenters. The smallest absolute Gasteiger partial charge is 0.259 e. The molecule has 136 valence electrons. The van der Waals surface area contributed by atoms with E-state index in [1.807, 2.05) is 55.5 Å². The first-order valence-electron chi connectivity index (χ1n) is 8.62. The number of benzene rings is 2. The van der Waals surface area contributed by atoms with Gasteiger partial charge in [-0.3, -0.25) is 19.4 Å². The van der Waals surface area contributed by atoms with Gasteiger partial charge in [-0.05, 0) is 48.9 Å². The van der Waals surface area contributed by atoms with E-state index in [1.54, 1.807) is 38.4 Å². The average Bonchev–Trinajstić information content (AvgIpc) is 2.72. The molecule has 1 aromatic heterocycles. The minimum Gasteiger partial charge on any atom is -0.296 e. The summed E-state index contributed by atoms with van der Waals surface area (Å²) in [6.45, 7) is 1.91. The number of pyridine rings is 1. The third-order valence-corrected chi connectivity index (χ3v) is 4.28. The van der Waals surface area contributed by atoms with E-state index in [-0.39, 0.29) is 11.8 Å². The van der Waals surface area contributed by atoms with Gasteiger partial charge in [0.2, 0.25) is 0 Å². The van der Waals surface area contributed by atoms with Crippen LogP contribution in [0.2, 0.25) is 0 Å². The van der Waals surface area contributed by atoms with Crippen molar-refractivity contribution in [2.75, 3.05) is 23.9 Å². The molecule has 0 unspecified atom stereocenters. The predicted octanol–water partition coefficient (Wildman–Crippen LogP) is 3.94. The van der Waals surface area contributed by atoms with Crippen LogP contribution in [-0.2, 0) is 0 Å². The van der Waals surface area contributed by atoms with Crippen molar-refractivity contribution in [1.82, 2.24) is 4.98 Å². The van der Waals surface area contributed by atoms with Crippen molar-refractivity contribution in [2.24, 2.45) is 0 Å². The first-order chi connectivity index (χ1) is 13.0. The molecule has 0 N–H and O–H groups in total. The lowest BCUT2D eigenvalue weighted by molar-refractivity contribution is 0.0986. The minimum atomic E-state index is -0.156. The molecule has 5 nitrogen and oxygen atoms in total. The summed E-state index contributed by atoms with van der Waals surface area (Å²) < 4.78 is 0. The third kappa shape index (κ3) is 4.03. The van der Waals surface area contributed by atoms with Crippen molar-refractivity contribution in [3.8, 4) is 0 Å². The first kappa shape index (κ1) is 18.3. The van der Waals surface area contributed by atoms with E-state index in [1.165, 1.54) is 9.80 Å². The zero-order valence-corrected chi connectivity index (χ0v) is 15.6. The highest BCUT2D eigenvalue weighted by molar-refractivity contribution is 6.06. The summed E-state index contributed by atoms with van der Waals surface area (Å²) in [4.78, 5) is 32.9. The maximum absolute atomic E-state index is 12.7. The van der Waals surface area contributed by atoms with Crippen molar-refractivity contribution in [3.63, 3.8) is 0 Å². The van der Waals surface area contributed by atoms with E-state index in [0.29, 0.717) is 22.8 Å². The van der Waals surface area contributed by atoms with E-state index < -0.39 is 0 Å². The zero-order chi connectivity index (χ0) is 19.4. The second kappa shape index (κ2) is 7.83. The maximum Gasteiger partial charge on any atom is 0.259 e. The Morgan fingerprint density at radius 1 is 0.704 bits per heavy atom. The lowest BCUT2D eigenvalue weighted by Gasteiger charge is -2.21. The molecule has 3 aromatic rings.